The molecule has 1 heterocycles. The average Bonchev–Trinajstić information content (AvgIpc) is 3.14. The van der Waals surface area contributed by atoms with Gasteiger partial charge in [0.2, 0.25) is 11.8 Å². The molecule has 5 rings (SSSR count). The van der Waals surface area contributed by atoms with Crippen molar-refractivity contribution in [2.45, 2.75) is 45.3 Å². The second kappa shape index (κ2) is 13.0. The molecule has 42 heavy (non-hydrogen) atoms. The van der Waals surface area contributed by atoms with Gasteiger partial charge >= 0.3 is 6.03 Å². The molecule has 8 heteroatoms. The van der Waals surface area contributed by atoms with Gasteiger partial charge in [-0.1, -0.05) is 85.8 Å². The third kappa shape index (κ3) is 6.61. The topological polar surface area (TPSA) is 111 Å². The molecule has 0 radical (unpaired) electrons. The lowest BCUT2D eigenvalue weighted by Crippen LogP contribution is -2.47. The highest BCUT2D eigenvalue weighted by atomic mass is 16.3. The maximum absolute atomic E-state index is 13.6. The van der Waals surface area contributed by atoms with Gasteiger partial charge in [0.25, 0.3) is 0 Å². The number of amides is 4. The summed E-state index contributed by atoms with van der Waals surface area (Å²) in [7, 11) is 0. The molecule has 214 valence electrons. The minimum absolute atomic E-state index is 0.000244. The quantitative estimate of drug-likeness (QED) is 0.205. The molecule has 4 aromatic rings. The summed E-state index contributed by atoms with van der Waals surface area (Å²) in [6.45, 7) is 2.45. The third-order valence-corrected chi connectivity index (χ3v) is 7.42. The third-order valence-electron chi connectivity index (χ3n) is 7.42. The molecule has 0 bridgehead atoms. The summed E-state index contributed by atoms with van der Waals surface area (Å²) >= 11 is 0. The van der Waals surface area contributed by atoms with Crippen molar-refractivity contribution >= 4 is 29.2 Å². The summed E-state index contributed by atoms with van der Waals surface area (Å²) in [5.74, 6) is -0.239. The number of fused-ring (bicyclic) bond motifs is 1. The highest BCUT2D eigenvalue weighted by molar-refractivity contribution is 6.00. The number of nitrogens with zero attached hydrogens (tertiary/aromatic N) is 1. The van der Waals surface area contributed by atoms with Gasteiger partial charge in [0.15, 0.2) is 0 Å². The maximum Gasteiger partial charge on any atom is 0.319 e. The van der Waals surface area contributed by atoms with Gasteiger partial charge in [-0.05, 0) is 58.9 Å². The van der Waals surface area contributed by atoms with Crippen LogP contribution in [0.2, 0.25) is 0 Å². The van der Waals surface area contributed by atoms with E-state index in [0.717, 1.165) is 33.5 Å². The van der Waals surface area contributed by atoms with Crippen molar-refractivity contribution in [2.24, 2.45) is 0 Å². The lowest BCUT2D eigenvalue weighted by molar-refractivity contribution is -0.127. The highest BCUT2D eigenvalue weighted by Crippen LogP contribution is 2.30. The van der Waals surface area contributed by atoms with E-state index in [0.29, 0.717) is 38.0 Å². The van der Waals surface area contributed by atoms with Crippen LogP contribution in [0.3, 0.4) is 0 Å². The van der Waals surface area contributed by atoms with Crippen LogP contribution in [0.4, 0.5) is 16.2 Å². The predicted molar refractivity (Wildman–Crippen MR) is 164 cm³/mol. The summed E-state index contributed by atoms with van der Waals surface area (Å²) in [5.41, 5.74) is 6.15. The van der Waals surface area contributed by atoms with Crippen molar-refractivity contribution in [1.82, 2.24) is 10.6 Å². The van der Waals surface area contributed by atoms with Gasteiger partial charge in [-0.15, -0.1) is 0 Å². The Morgan fingerprint density at radius 3 is 2.40 bits per heavy atom. The minimum Gasteiger partial charge on any atom is -0.506 e. The SMILES string of the molecule is CCC(=O)N[C@@H]1CCc2ccccc2N(Cc2ccc(-c3ccccc3CNC(=O)Nc3ccccc3O)cc2)C1=O. The number of urea groups is 1. The van der Waals surface area contributed by atoms with Crippen LogP contribution in [0.5, 0.6) is 5.75 Å². The first-order valence-electron chi connectivity index (χ1n) is 14.1. The number of para-hydroxylation sites is 3. The number of rotatable bonds is 8. The lowest BCUT2D eigenvalue weighted by Gasteiger charge is -2.26. The first-order valence-corrected chi connectivity index (χ1v) is 14.1. The van der Waals surface area contributed by atoms with E-state index in [9.17, 15) is 19.5 Å². The Morgan fingerprint density at radius 1 is 0.905 bits per heavy atom. The number of aromatic hydroxyl groups is 1. The molecule has 8 nitrogen and oxygen atoms in total. The molecule has 0 fully saturated rings. The molecule has 0 unspecified atom stereocenters. The van der Waals surface area contributed by atoms with E-state index in [-0.39, 0.29) is 17.6 Å². The van der Waals surface area contributed by atoms with E-state index < -0.39 is 12.1 Å². The number of phenolic OH excluding ortho intramolecular Hbond substituents is 1. The molecule has 4 aromatic carbocycles. The lowest BCUT2D eigenvalue weighted by atomic mass is 9.98. The largest absolute Gasteiger partial charge is 0.506 e. The van der Waals surface area contributed by atoms with Crippen LogP contribution < -0.4 is 20.9 Å². The van der Waals surface area contributed by atoms with Gasteiger partial charge in [-0.25, -0.2) is 4.79 Å². The molecule has 1 atom stereocenters. The Labute approximate surface area is 245 Å². The Hall–Kier alpha value is -5.11. The van der Waals surface area contributed by atoms with Gasteiger partial charge in [-0.2, -0.15) is 0 Å². The number of carbonyl (C=O) groups excluding carboxylic acids is 3. The van der Waals surface area contributed by atoms with Crippen molar-refractivity contribution in [3.8, 4) is 16.9 Å². The Kier molecular flexibility index (Phi) is 8.82. The zero-order chi connectivity index (χ0) is 29.5. The van der Waals surface area contributed by atoms with Crippen molar-refractivity contribution < 1.29 is 19.5 Å². The van der Waals surface area contributed by atoms with Crippen molar-refractivity contribution in [3.05, 3.63) is 114 Å². The van der Waals surface area contributed by atoms with Crippen LogP contribution in [0, 0.1) is 0 Å². The molecular weight excluding hydrogens is 528 g/mol. The van der Waals surface area contributed by atoms with E-state index in [1.165, 1.54) is 6.07 Å². The summed E-state index contributed by atoms with van der Waals surface area (Å²) in [6.07, 6.45) is 1.60. The zero-order valence-corrected chi connectivity index (χ0v) is 23.5. The number of benzene rings is 4. The highest BCUT2D eigenvalue weighted by Gasteiger charge is 2.31. The summed E-state index contributed by atoms with van der Waals surface area (Å²) in [5, 5.41) is 18.3. The van der Waals surface area contributed by atoms with Crippen molar-refractivity contribution in [2.75, 3.05) is 10.2 Å². The number of hydrogen-bond acceptors (Lipinski definition) is 4. The molecule has 0 spiro atoms. The number of carbonyl (C=O) groups is 3. The molecule has 0 aliphatic carbocycles. The zero-order valence-electron chi connectivity index (χ0n) is 23.5. The van der Waals surface area contributed by atoms with Gasteiger partial charge in [0, 0.05) is 18.7 Å². The predicted octanol–water partition coefficient (Wildman–Crippen LogP) is 5.76. The van der Waals surface area contributed by atoms with E-state index in [4.69, 9.17) is 0 Å². The second-order valence-electron chi connectivity index (χ2n) is 10.2. The summed E-state index contributed by atoms with van der Waals surface area (Å²) in [6, 6.07) is 29.4. The van der Waals surface area contributed by atoms with Gasteiger partial charge < -0.3 is 26.0 Å². The minimum atomic E-state index is -0.563. The molecule has 0 saturated heterocycles. The number of phenols is 1. The van der Waals surface area contributed by atoms with E-state index in [1.807, 2.05) is 72.8 Å². The van der Waals surface area contributed by atoms with E-state index in [2.05, 4.69) is 16.0 Å². The Bertz CT molecular complexity index is 1580. The van der Waals surface area contributed by atoms with Crippen LogP contribution in [0.15, 0.2) is 97.1 Å². The first kappa shape index (κ1) is 28.4. The van der Waals surface area contributed by atoms with Gasteiger partial charge in [-0.3, -0.25) is 9.59 Å². The second-order valence-corrected chi connectivity index (χ2v) is 10.2. The standard InChI is InChI=1S/C34H34N4O4/c1-2-32(40)36-29-20-19-25-9-4-7-13-30(25)38(33(29)41)22-23-15-17-24(18-16-23)27-11-5-3-10-26(27)21-35-34(42)37-28-12-6-8-14-31(28)39/h3-18,29,39H,2,19-22H2,1H3,(H,36,40)(H2,35,37,42)/t29-/m1/s1. The fourth-order valence-electron chi connectivity index (χ4n) is 5.16. The van der Waals surface area contributed by atoms with Crippen LogP contribution in [-0.4, -0.2) is 29.0 Å². The summed E-state index contributed by atoms with van der Waals surface area (Å²) in [4.78, 5) is 40.0. The van der Waals surface area contributed by atoms with Gasteiger partial charge in [0.05, 0.1) is 12.2 Å². The number of aryl methyl sites for hydroxylation is 1. The molecule has 1 aliphatic rings. The normalized spacial score (nSPS) is 14.5. The van der Waals surface area contributed by atoms with E-state index >= 15 is 0 Å². The van der Waals surface area contributed by atoms with Crippen LogP contribution >= 0.6 is 0 Å². The number of nitrogens with one attached hydrogen (secondary N) is 3. The van der Waals surface area contributed by atoms with Gasteiger partial charge in [0.1, 0.15) is 11.8 Å². The molecule has 4 N–H and O–H groups in total. The smallest absolute Gasteiger partial charge is 0.319 e. The number of anilines is 2. The Balaban J connectivity index is 1.31. The first-order chi connectivity index (χ1) is 20.4. The molecule has 4 amide bonds. The van der Waals surface area contributed by atoms with Crippen molar-refractivity contribution in [3.63, 3.8) is 0 Å². The monoisotopic (exact) mass is 562 g/mol. The fraction of sp³-hybridized carbons (Fsp3) is 0.206. The van der Waals surface area contributed by atoms with Crippen LogP contribution in [0.25, 0.3) is 11.1 Å². The molecule has 1 aliphatic heterocycles. The fourth-order valence-corrected chi connectivity index (χ4v) is 5.16. The molecule has 0 saturated carbocycles. The van der Waals surface area contributed by atoms with Crippen LogP contribution in [0.1, 0.15) is 36.5 Å². The average molecular weight is 563 g/mol. The molecular formula is C34H34N4O4. The Morgan fingerprint density at radius 2 is 1.62 bits per heavy atom. The summed E-state index contributed by atoms with van der Waals surface area (Å²) < 4.78 is 0. The van der Waals surface area contributed by atoms with Crippen LogP contribution in [-0.2, 0) is 29.1 Å². The van der Waals surface area contributed by atoms with E-state index in [1.54, 1.807) is 30.0 Å². The van der Waals surface area contributed by atoms with Crippen molar-refractivity contribution in [1.29, 1.82) is 0 Å². The molecule has 0 aromatic heterocycles. The number of hydrogen-bond donors (Lipinski definition) is 4. The maximum atomic E-state index is 13.6.